The van der Waals surface area contributed by atoms with E-state index < -0.39 is 21.1 Å². The van der Waals surface area contributed by atoms with Crippen LogP contribution in [0.1, 0.15) is 33.4 Å². The van der Waals surface area contributed by atoms with Gasteiger partial charge in [-0.15, -0.1) is 0 Å². The van der Waals surface area contributed by atoms with Crippen LogP contribution in [0.5, 0.6) is 11.5 Å². The fraction of sp³-hybridized carbons (Fsp3) is 0.286. The van der Waals surface area contributed by atoms with Crippen molar-refractivity contribution in [2.45, 2.75) is 48.8 Å². The molecule has 0 spiro atoms. The molecule has 2 nitrogen and oxygen atoms in total. The van der Waals surface area contributed by atoms with Gasteiger partial charge in [0.05, 0.1) is 0 Å². The predicted octanol–water partition coefficient (Wildman–Crippen LogP) is 7.81. The maximum atomic E-state index is 7.15. The monoisotopic (exact) mass is 490 g/mol. The van der Waals surface area contributed by atoms with Crippen molar-refractivity contribution < 1.29 is 26.8 Å². The summed E-state index contributed by atoms with van der Waals surface area (Å²) in [6.07, 6.45) is 17.6. The van der Waals surface area contributed by atoms with Gasteiger partial charge in [0.1, 0.15) is 0 Å². The van der Waals surface area contributed by atoms with Crippen LogP contribution in [0.3, 0.4) is 0 Å². The molecule has 3 heteroatoms. The topological polar surface area (TPSA) is 18.5 Å². The minimum atomic E-state index is -3.91. The molecule has 0 radical (unpaired) electrons. The molecule has 0 heterocycles. The van der Waals surface area contributed by atoms with Gasteiger partial charge < -0.3 is 0 Å². The van der Waals surface area contributed by atoms with Gasteiger partial charge >= 0.3 is 193 Å². The molecule has 0 saturated heterocycles. The molecule has 0 unspecified atom stereocenters. The van der Waals surface area contributed by atoms with Crippen molar-refractivity contribution in [3.8, 4) is 11.5 Å². The molecule has 160 valence electrons. The second kappa shape index (κ2) is 8.79. The van der Waals surface area contributed by atoms with Crippen molar-refractivity contribution in [2.24, 2.45) is 0 Å². The summed E-state index contributed by atoms with van der Waals surface area (Å²) in [5.41, 5.74) is 7.41. The summed E-state index contributed by atoms with van der Waals surface area (Å²) in [4.78, 5) is 0. The quantitative estimate of drug-likeness (QED) is 0.410. The van der Waals surface area contributed by atoms with Crippen LogP contribution in [-0.2, 0) is 21.1 Å². The zero-order valence-electron chi connectivity index (χ0n) is 19.4. The standard InChI is InChI=1S/2C9H12O.2C5H5.Zr/c2*1-6-4-8(3)9(10)5-7(6)2;2*1-2-4-5-3-1;/h2*4-5,10H,1-3H3;2*1-5H;/q;;;;+2/p-2. The average Bonchev–Trinajstić information content (AvgIpc) is 3.44. The number of hydrogen-bond acceptors (Lipinski definition) is 2. The van der Waals surface area contributed by atoms with Crippen molar-refractivity contribution in [3.05, 3.63) is 106 Å². The van der Waals surface area contributed by atoms with E-state index in [-0.39, 0.29) is 7.25 Å². The maximum absolute atomic E-state index is 7.15. The summed E-state index contributed by atoms with van der Waals surface area (Å²) >= 11 is -3.91. The molecule has 0 aliphatic heterocycles. The van der Waals surface area contributed by atoms with E-state index >= 15 is 0 Å². The molecule has 31 heavy (non-hydrogen) atoms. The van der Waals surface area contributed by atoms with Crippen LogP contribution in [0, 0.1) is 41.5 Å². The van der Waals surface area contributed by atoms with Gasteiger partial charge in [0.15, 0.2) is 0 Å². The summed E-state index contributed by atoms with van der Waals surface area (Å²) in [5, 5.41) is 0. The fourth-order valence-corrected chi connectivity index (χ4v) is 13.4. The number of aryl methyl sites for hydroxylation is 6. The van der Waals surface area contributed by atoms with Gasteiger partial charge in [-0.2, -0.15) is 0 Å². The van der Waals surface area contributed by atoms with E-state index in [4.69, 9.17) is 5.63 Å². The molecule has 0 amide bonds. The van der Waals surface area contributed by atoms with Crippen LogP contribution in [0.4, 0.5) is 0 Å². The number of allylic oxidation sites excluding steroid dienone is 8. The molecule has 0 bridgehead atoms. The first-order valence-corrected chi connectivity index (χ1v) is 15.9. The van der Waals surface area contributed by atoms with E-state index in [1.54, 1.807) is 0 Å². The van der Waals surface area contributed by atoms with Crippen LogP contribution >= 0.6 is 0 Å². The normalized spacial score (nSPS) is 15.9. The van der Waals surface area contributed by atoms with Crippen molar-refractivity contribution in [2.75, 3.05) is 0 Å². The van der Waals surface area contributed by atoms with Crippen LogP contribution in [-0.4, -0.2) is 0 Å². The summed E-state index contributed by atoms with van der Waals surface area (Å²) < 4.78 is 14.7. The third-order valence-electron chi connectivity index (χ3n) is 6.55. The van der Waals surface area contributed by atoms with E-state index in [9.17, 15) is 0 Å². The summed E-state index contributed by atoms with van der Waals surface area (Å²) in [5.74, 6) is 1.92. The van der Waals surface area contributed by atoms with Gasteiger partial charge in [-0.25, -0.2) is 0 Å². The van der Waals surface area contributed by atoms with E-state index in [0.717, 1.165) is 11.5 Å². The molecule has 0 fully saturated rings. The van der Waals surface area contributed by atoms with E-state index in [2.05, 4.69) is 114 Å². The van der Waals surface area contributed by atoms with E-state index in [0.29, 0.717) is 0 Å². The van der Waals surface area contributed by atoms with E-state index in [1.807, 2.05) is 0 Å². The molecule has 2 aliphatic rings. The van der Waals surface area contributed by atoms with Gasteiger partial charge in [-0.3, -0.25) is 0 Å². The van der Waals surface area contributed by atoms with Gasteiger partial charge in [-0.05, 0) is 0 Å². The number of hydrogen-bond donors (Lipinski definition) is 0. The predicted molar refractivity (Wildman–Crippen MR) is 127 cm³/mol. The Labute approximate surface area is 192 Å². The second-order valence-electron chi connectivity index (χ2n) is 8.92. The SMILES string of the molecule is Cc1cc(C)c([O][Zr]([O]c2cc(C)c(C)cc2C)([CH]2C=CC=C2)[CH]2C=CC=C2)cc1C. The average molecular weight is 492 g/mol. The van der Waals surface area contributed by atoms with Gasteiger partial charge in [0, 0.05) is 0 Å². The molecule has 2 aliphatic carbocycles. The Balaban J connectivity index is 1.87. The molecule has 0 N–H and O–H groups in total. The first-order valence-electron chi connectivity index (χ1n) is 11.0. The summed E-state index contributed by atoms with van der Waals surface area (Å²) in [7, 11) is 0. The second-order valence-corrected chi connectivity index (χ2v) is 16.7. The third kappa shape index (κ3) is 4.30. The number of benzene rings is 2. The molecule has 0 aromatic heterocycles. The Morgan fingerprint density at radius 2 is 0.806 bits per heavy atom. The number of rotatable bonds is 6. The zero-order valence-corrected chi connectivity index (χ0v) is 21.9. The van der Waals surface area contributed by atoms with Gasteiger partial charge in [0.2, 0.25) is 0 Å². The molecular weight excluding hydrogens is 460 g/mol. The minimum absolute atomic E-state index is 0.189. The Morgan fingerprint density at radius 3 is 1.16 bits per heavy atom. The van der Waals surface area contributed by atoms with Crippen molar-refractivity contribution in [3.63, 3.8) is 0 Å². The van der Waals surface area contributed by atoms with Crippen LogP contribution < -0.4 is 5.63 Å². The summed E-state index contributed by atoms with van der Waals surface area (Å²) in [6, 6.07) is 8.84. The molecule has 0 atom stereocenters. The molecule has 2 aromatic rings. The molecular formula is C28H32O2Zr. The van der Waals surface area contributed by atoms with Crippen molar-refractivity contribution >= 4 is 0 Å². The van der Waals surface area contributed by atoms with Crippen molar-refractivity contribution in [1.29, 1.82) is 0 Å². The van der Waals surface area contributed by atoms with Crippen LogP contribution in [0.15, 0.2) is 72.9 Å². The van der Waals surface area contributed by atoms with Gasteiger partial charge in [0.25, 0.3) is 0 Å². The fourth-order valence-electron chi connectivity index (χ4n) is 4.35. The zero-order chi connectivity index (χ0) is 22.2. The Hall–Kier alpha value is -2.12. The first-order chi connectivity index (χ1) is 14.8. The Bertz CT molecular complexity index is 1010. The molecule has 2 aromatic carbocycles. The van der Waals surface area contributed by atoms with E-state index in [1.165, 1.54) is 33.4 Å². The Morgan fingerprint density at radius 1 is 0.484 bits per heavy atom. The summed E-state index contributed by atoms with van der Waals surface area (Å²) in [6.45, 7) is 12.9. The first kappa shape index (κ1) is 22.1. The van der Waals surface area contributed by atoms with Crippen molar-refractivity contribution in [1.82, 2.24) is 0 Å². The van der Waals surface area contributed by atoms with Crippen LogP contribution in [0.2, 0.25) is 7.25 Å². The van der Waals surface area contributed by atoms with Gasteiger partial charge in [-0.1, -0.05) is 0 Å². The third-order valence-corrected chi connectivity index (χ3v) is 15.7. The van der Waals surface area contributed by atoms with Crippen LogP contribution in [0.25, 0.3) is 0 Å². The molecule has 0 saturated carbocycles. The Kier molecular flexibility index (Phi) is 6.26. The molecule has 4 rings (SSSR count).